The Balaban J connectivity index is 2.36. The number of rotatable bonds is 5. The van der Waals surface area contributed by atoms with Gasteiger partial charge in [-0.3, -0.25) is 4.79 Å². The third-order valence-corrected chi connectivity index (χ3v) is 3.61. The second-order valence-electron chi connectivity index (χ2n) is 5.39. The zero-order valence-corrected chi connectivity index (χ0v) is 13.8. The van der Waals surface area contributed by atoms with Gasteiger partial charge >= 0.3 is 5.97 Å². The highest BCUT2D eigenvalue weighted by Gasteiger charge is 2.21. The van der Waals surface area contributed by atoms with E-state index >= 15 is 0 Å². The lowest BCUT2D eigenvalue weighted by Gasteiger charge is -2.15. The Morgan fingerprint density at radius 1 is 1.26 bits per heavy atom. The first-order valence-corrected chi connectivity index (χ1v) is 7.68. The van der Waals surface area contributed by atoms with E-state index in [1.54, 1.807) is 19.1 Å². The second kappa shape index (κ2) is 7.63. The second-order valence-corrected chi connectivity index (χ2v) is 5.39. The van der Waals surface area contributed by atoms with E-state index in [2.05, 4.69) is 5.32 Å². The molecule has 1 fully saturated rings. The first-order chi connectivity index (χ1) is 11.0. The lowest BCUT2D eigenvalue weighted by Crippen LogP contribution is -2.20. The minimum Gasteiger partial charge on any atom is -0.463 e. The fourth-order valence-corrected chi connectivity index (χ4v) is 2.35. The molecule has 1 heterocycles. The van der Waals surface area contributed by atoms with Gasteiger partial charge in [0.05, 0.1) is 12.2 Å². The Labute approximate surface area is 136 Å². The number of ketones is 1. The van der Waals surface area contributed by atoms with Gasteiger partial charge in [0.2, 0.25) is 0 Å². The maximum absolute atomic E-state index is 12.8. The van der Waals surface area contributed by atoms with E-state index in [9.17, 15) is 9.59 Å². The molecule has 5 heteroatoms. The highest BCUT2D eigenvalue weighted by molar-refractivity contribution is 6.11. The number of ether oxygens (including phenoxy) is 1. The molecule has 0 unspecified atom stereocenters. The third-order valence-electron chi connectivity index (χ3n) is 3.61. The van der Waals surface area contributed by atoms with Gasteiger partial charge in [-0.05, 0) is 19.9 Å². The van der Waals surface area contributed by atoms with E-state index in [1.165, 1.54) is 12.2 Å². The zero-order valence-electron chi connectivity index (χ0n) is 13.8. The standard InChI is InChI=1S/C18H22N2O3/c1-4-23-16(21)10-9-15(18-19-11-12-20(18)3)17(22)14-7-5-13(2)6-8-14/h5-10,19H,4,11-12H2,1-3H3/b10-9+,18-15+. The van der Waals surface area contributed by atoms with Crippen LogP contribution in [0.1, 0.15) is 22.8 Å². The number of likely N-dealkylation sites (N-methyl/N-ethyl adjacent to an activating group) is 1. The average Bonchev–Trinajstić information content (AvgIpc) is 2.94. The van der Waals surface area contributed by atoms with Gasteiger partial charge in [0, 0.05) is 31.8 Å². The van der Waals surface area contributed by atoms with Crippen molar-refractivity contribution < 1.29 is 14.3 Å². The molecule has 0 atom stereocenters. The largest absolute Gasteiger partial charge is 0.463 e. The molecule has 1 aromatic rings. The highest BCUT2D eigenvalue weighted by atomic mass is 16.5. The monoisotopic (exact) mass is 314 g/mol. The van der Waals surface area contributed by atoms with Crippen LogP contribution in [0.3, 0.4) is 0 Å². The smallest absolute Gasteiger partial charge is 0.330 e. The van der Waals surface area contributed by atoms with Crippen molar-refractivity contribution in [2.24, 2.45) is 0 Å². The molecule has 1 N–H and O–H groups in total. The molecule has 0 saturated carbocycles. The molecule has 0 amide bonds. The number of nitrogens with one attached hydrogen (secondary N) is 1. The van der Waals surface area contributed by atoms with E-state index in [0.29, 0.717) is 17.7 Å². The number of allylic oxidation sites excluding steroid dienone is 2. The fraction of sp³-hybridized carbons (Fsp3) is 0.333. The van der Waals surface area contributed by atoms with Gasteiger partial charge in [-0.1, -0.05) is 29.8 Å². The molecule has 0 bridgehead atoms. The van der Waals surface area contributed by atoms with Crippen molar-refractivity contribution >= 4 is 11.8 Å². The Kier molecular flexibility index (Phi) is 5.57. The van der Waals surface area contributed by atoms with E-state index in [4.69, 9.17) is 4.74 Å². The first-order valence-electron chi connectivity index (χ1n) is 7.68. The molecule has 0 aromatic heterocycles. The van der Waals surface area contributed by atoms with Gasteiger partial charge in [0.15, 0.2) is 5.78 Å². The number of aryl methyl sites for hydroxylation is 1. The van der Waals surface area contributed by atoms with Crippen LogP contribution >= 0.6 is 0 Å². The van der Waals surface area contributed by atoms with E-state index in [-0.39, 0.29) is 5.78 Å². The summed E-state index contributed by atoms with van der Waals surface area (Å²) in [6.07, 6.45) is 2.83. The van der Waals surface area contributed by atoms with Crippen molar-refractivity contribution in [2.45, 2.75) is 13.8 Å². The number of hydrogen-bond donors (Lipinski definition) is 1. The van der Waals surface area contributed by atoms with Crippen LogP contribution < -0.4 is 5.32 Å². The fourth-order valence-electron chi connectivity index (χ4n) is 2.35. The number of carbonyl (C=O) groups excluding carboxylic acids is 2. The van der Waals surface area contributed by atoms with Crippen LogP contribution in [0.5, 0.6) is 0 Å². The summed E-state index contributed by atoms with van der Waals surface area (Å²) in [6, 6.07) is 7.39. The van der Waals surface area contributed by atoms with Crippen molar-refractivity contribution in [3.05, 3.63) is 58.9 Å². The maximum Gasteiger partial charge on any atom is 0.330 e. The molecule has 1 aromatic carbocycles. The summed E-state index contributed by atoms with van der Waals surface area (Å²) >= 11 is 0. The number of benzene rings is 1. The summed E-state index contributed by atoms with van der Waals surface area (Å²) in [7, 11) is 1.91. The minimum absolute atomic E-state index is 0.123. The Morgan fingerprint density at radius 3 is 2.52 bits per heavy atom. The van der Waals surface area contributed by atoms with Crippen LogP contribution in [-0.4, -0.2) is 43.4 Å². The molecule has 0 spiro atoms. The van der Waals surface area contributed by atoms with Crippen LogP contribution in [0.4, 0.5) is 0 Å². The average molecular weight is 314 g/mol. The van der Waals surface area contributed by atoms with E-state index < -0.39 is 5.97 Å². The van der Waals surface area contributed by atoms with Gasteiger partial charge in [-0.15, -0.1) is 0 Å². The van der Waals surface area contributed by atoms with Gasteiger partial charge in [0.25, 0.3) is 0 Å². The van der Waals surface area contributed by atoms with Gasteiger partial charge < -0.3 is 15.0 Å². The van der Waals surface area contributed by atoms with E-state index in [1.807, 2.05) is 31.0 Å². The molecule has 1 saturated heterocycles. The number of hydrogen-bond acceptors (Lipinski definition) is 5. The van der Waals surface area contributed by atoms with Gasteiger partial charge in [-0.25, -0.2) is 4.79 Å². The van der Waals surface area contributed by atoms with Crippen LogP contribution in [0, 0.1) is 6.92 Å². The van der Waals surface area contributed by atoms with Crippen molar-refractivity contribution in [2.75, 3.05) is 26.7 Å². The molecule has 1 aliphatic heterocycles. The molecule has 1 aliphatic rings. The van der Waals surface area contributed by atoms with Gasteiger partial charge in [-0.2, -0.15) is 0 Å². The molecule has 0 radical (unpaired) electrons. The predicted octanol–water partition coefficient (Wildman–Crippen LogP) is 2.04. The SMILES string of the molecule is CCOC(=O)/C=C/C(C(=O)c1ccc(C)cc1)=C1/NCCN1C. The number of carbonyl (C=O) groups is 2. The van der Waals surface area contributed by atoms with Crippen molar-refractivity contribution in [1.82, 2.24) is 10.2 Å². The number of esters is 1. The van der Waals surface area contributed by atoms with Crippen LogP contribution in [0.2, 0.25) is 0 Å². The Hall–Kier alpha value is -2.56. The molecular formula is C18H22N2O3. The summed E-state index contributed by atoms with van der Waals surface area (Å²) < 4.78 is 4.89. The maximum atomic E-state index is 12.8. The summed E-state index contributed by atoms with van der Waals surface area (Å²) in [4.78, 5) is 26.4. The van der Waals surface area contributed by atoms with Crippen molar-refractivity contribution in [3.8, 4) is 0 Å². The highest BCUT2D eigenvalue weighted by Crippen LogP contribution is 2.18. The number of Topliss-reactive ketones (excluding diaryl/α,β-unsaturated/α-hetero) is 1. The first kappa shape index (κ1) is 16.8. The quantitative estimate of drug-likeness (QED) is 0.512. The molecule has 23 heavy (non-hydrogen) atoms. The lowest BCUT2D eigenvalue weighted by atomic mass is 10.0. The van der Waals surface area contributed by atoms with Crippen LogP contribution in [0.15, 0.2) is 47.8 Å². The van der Waals surface area contributed by atoms with Gasteiger partial charge in [0.1, 0.15) is 5.82 Å². The summed E-state index contributed by atoms with van der Waals surface area (Å²) in [5.74, 6) is 0.154. The topological polar surface area (TPSA) is 58.6 Å². The predicted molar refractivity (Wildman–Crippen MR) is 88.9 cm³/mol. The molecule has 122 valence electrons. The van der Waals surface area contributed by atoms with Crippen LogP contribution in [0.25, 0.3) is 0 Å². The molecule has 5 nitrogen and oxygen atoms in total. The zero-order chi connectivity index (χ0) is 16.8. The summed E-state index contributed by atoms with van der Waals surface area (Å²) in [6.45, 7) is 5.60. The lowest BCUT2D eigenvalue weighted by molar-refractivity contribution is -0.137. The summed E-state index contributed by atoms with van der Waals surface area (Å²) in [5, 5.41) is 3.21. The Morgan fingerprint density at radius 2 is 1.96 bits per heavy atom. The molecule has 0 aliphatic carbocycles. The molecule has 2 rings (SSSR count). The van der Waals surface area contributed by atoms with E-state index in [0.717, 1.165) is 24.5 Å². The minimum atomic E-state index is -0.456. The summed E-state index contributed by atoms with van der Waals surface area (Å²) in [5.41, 5.74) is 2.14. The van der Waals surface area contributed by atoms with Crippen LogP contribution in [-0.2, 0) is 9.53 Å². The van der Waals surface area contributed by atoms with Crippen molar-refractivity contribution in [3.63, 3.8) is 0 Å². The van der Waals surface area contributed by atoms with Crippen molar-refractivity contribution in [1.29, 1.82) is 0 Å². The molecular weight excluding hydrogens is 292 g/mol. The Bertz CT molecular complexity index is 645. The normalized spacial score (nSPS) is 16.4. The number of nitrogens with zero attached hydrogens (tertiary/aromatic N) is 1. The third kappa shape index (κ3) is 4.22.